The van der Waals surface area contributed by atoms with Crippen molar-refractivity contribution in [3.05, 3.63) is 10.6 Å². The monoisotopic (exact) mass is 262 g/mol. The predicted octanol–water partition coefficient (Wildman–Crippen LogP) is 3.92. The molecule has 0 aliphatic heterocycles. The summed E-state index contributed by atoms with van der Waals surface area (Å²) in [5.41, 5.74) is 0.194. The average Bonchev–Trinajstić information content (AvgIpc) is 2.00. The van der Waals surface area contributed by atoms with E-state index in [4.69, 9.17) is 4.43 Å². The Morgan fingerprint density at radius 2 is 2.00 bits per heavy atom. The lowest BCUT2D eigenvalue weighted by atomic mass is 9.91. The van der Waals surface area contributed by atoms with Gasteiger partial charge in [-0.1, -0.05) is 35.9 Å². The third-order valence-corrected chi connectivity index (χ3v) is 3.78. The second-order valence-electron chi connectivity index (χ2n) is 5.34. The number of hydrogen-bond donors (Lipinski definition) is 0. The summed E-state index contributed by atoms with van der Waals surface area (Å²) in [4.78, 5) is 0. The minimum atomic E-state index is -1.39. The molecule has 1 aliphatic carbocycles. The van der Waals surface area contributed by atoms with Crippen LogP contribution in [-0.2, 0) is 4.43 Å². The van der Waals surface area contributed by atoms with Crippen LogP contribution < -0.4 is 0 Å². The summed E-state index contributed by atoms with van der Waals surface area (Å²) < 4.78 is 7.43. The summed E-state index contributed by atoms with van der Waals surface area (Å²) in [6, 6.07) is 0. The van der Waals surface area contributed by atoms with Crippen molar-refractivity contribution in [1.82, 2.24) is 0 Å². The van der Waals surface area contributed by atoms with Crippen LogP contribution in [0.1, 0.15) is 20.3 Å². The molecule has 0 aromatic carbocycles. The van der Waals surface area contributed by atoms with Crippen molar-refractivity contribution < 1.29 is 4.43 Å². The summed E-state index contributed by atoms with van der Waals surface area (Å²) in [5, 5.41) is 0. The van der Waals surface area contributed by atoms with Gasteiger partial charge in [-0.15, -0.1) is 0 Å². The second kappa shape index (κ2) is 3.52. The van der Waals surface area contributed by atoms with Gasteiger partial charge in [0.05, 0.1) is 6.10 Å². The van der Waals surface area contributed by atoms with Crippen molar-refractivity contribution in [2.75, 3.05) is 0 Å². The van der Waals surface area contributed by atoms with Gasteiger partial charge in [0.1, 0.15) is 0 Å². The first-order valence-electron chi connectivity index (χ1n) is 4.76. The van der Waals surface area contributed by atoms with Crippen molar-refractivity contribution in [2.24, 2.45) is 5.41 Å². The number of halogens is 1. The molecule has 0 N–H and O–H groups in total. The highest BCUT2D eigenvalue weighted by Crippen LogP contribution is 2.41. The minimum Gasteiger partial charge on any atom is -0.414 e. The first-order chi connectivity index (χ1) is 5.71. The van der Waals surface area contributed by atoms with Gasteiger partial charge in [-0.25, -0.2) is 0 Å². The lowest BCUT2D eigenvalue weighted by Gasteiger charge is -2.32. The molecular formula is C10H19BrOSi. The zero-order chi connectivity index (χ0) is 10.3. The largest absolute Gasteiger partial charge is 0.414 e. The topological polar surface area (TPSA) is 9.23 Å². The van der Waals surface area contributed by atoms with Gasteiger partial charge in [0.2, 0.25) is 0 Å². The van der Waals surface area contributed by atoms with Crippen LogP contribution in [0.15, 0.2) is 10.6 Å². The summed E-state index contributed by atoms with van der Waals surface area (Å²) in [6.45, 7) is 11.2. The standard InChI is InChI=1S/C10H19BrOSi/c1-10(2)7-8(11)6-9(10)12-13(3,4)5/h7,9H,6H2,1-5H3. The average molecular weight is 263 g/mol. The van der Waals surface area contributed by atoms with Crippen LogP contribution in [0.2, 0.25) is 19.6 Å². The molecule has 1 rings (SSSR count). The van der Waals surface area contributed by atoms with E-state index >= 15 is 0 Å². The van der Waals surface area contributed by atoms with E-state index in [-0.39, 0.29) is 5.41 Å². The summed E-state index contributed by atoms with van der Waals surface area (Å²) in [7, 11) is -1.39. The molecule has 0 saturated carbocycles. The van der Waals surface area contributed by atoms with E-state index in [1.54, 1.807) is 0 Å². The first kappa shape index (κ1) is 11.5. The molecule has 0 spiro atoms. The molecule has 1 atom stereocenters. The van der Waals surface area contributed by atoms with Crippen LogP contribution in [0.4, 0.5) is 0 Å². The van der Waals surface area contributed by atoms with Crippen molar-refractivity contribution in [3.63, 3.8) is 0 Å². The fourth-order valence-electron chi connectivity index (χ4n) is 1.62. The van der Waals surface area contributed by atoms with E-state index in [1.165, 1.54) is 4.48 Å². The van der Waals surface area contributed by atoms with Gasteiger partial charge in [-0.2, -0.15) is 0 Å². The fraction of sp³-hybridized carbons (Fsp3) is 0.800. The second-order valence-corrected chi connectivity index (χ2v) is 10.8. The van der Waals surface area contributed by atoms with Gasteiger partial charge in [0, 0.05) is 11.8 Å². The maximum Gasteiger partial charge on any atom is 0.184 e. The van der Waals surface area contributed by atoms with Gasteiger partial charge in [0.25, 0.3) is 0 Å². The third kappa shape index (κ3) is 3.22. The van der Waals surface area contributed by atoms with E-state index < -0.39 is 8.32 Å². The van der Waals surface area contributed by atoms with Crippen molar-refractivity contribution in [1.29, 1.82) is 0 Å². The van der Waals surface area contributed by atoms with E-state index in [0.29, 0.717) is 6.10 Å². The van der Waals surface area contributed by atoms with Gasteiger partial charge < -0.3 is 4.43 Å². The smallest absolute Gasteiger partial charge is 0.184 e. The molecule has 0 aromatic rings. The summed E-state index contributed by atoms with van der Waals surface area (Å²) in [6.07, 6.45) is 3.68. The van der Waals surface area contributed by atoms with Crippen LogP contribution >= 0.6 is 15.9 Å². The van der Waals surface area contributed by atoms with Crippen LogP contribution in [0.25, 0.3) is 0 Å². The fourth-order valence-corrected chi connectivity index (χ4v) is 3.74. The quantitative estimate of drug-likeness (QED) is 0.686. The van der Waals surface area contributed by atoms with Gasteiger partial charge in [0.15, 0.2) is 8.32 Å². The molecule has 0 radical (unpaired) electrons. The molecule has 0 fully saturated rings. The first-order valence-corrected chi connectivity index (χ1v) is 8.96. The highest BCUT2D eigenvalue weighted by Gasteiger charge is 2.37. The molecule has 0 heterocycles. The maximum atomic E-state index is 6.14. The minimum absolute atomic E-state index is 0.194. The number of rotatable bonds is 2. The van der Waals surface area contributed by atoms with Crippen LogP contribution in [0.3, 0.4) is 0 Å². The van der Waals surface area contributed by atoms with Crippen LogP contribution in [0.5, 0.6) is 0 Å². The Morgan fingerprint density at radius 3 is 2.31 bits per heavy atom. The van der Waals surface area contributed by atoms with Gasteiger partial charge in [-0.3, -0.25) is 0 Å². The summed E-state index contributed by atoms with van der Waals surface area (Å²) >= 11 is 3.56. The molecule has 0 aromatic heterocycles. The zero-order valence-electron chi connectivity index (χ0n) is 9.15. The Balaban J connectivity index is 2.66. The highest BCUT2D eigenvalue weighted by molar-refractivity contribution is 9.11. The molecule has 0 bridgehead atoms. The van der Waals surface area contributed by atoms with Gasteiger partial charge in [-0.05, 0) is 24.1 Å². The Bertz CT molecular complexity index is 228. The molecule has 0 amide bonds. The normalized spacial score (nSPS) is 27.5. The van der Waals surface area contributed by atoms with Crippen molar-refractivity contribution >= 4 is 24.2 Å². The lowest BCUT2D eigenvalue weighted by Crippen LogP contribution is -2.37. The molecule has 13 heavy (non-hydrogen) atoms. The van der Waals surface area contributed by atoms with E-state index in [2.05, 4.69) is 55.5 Å². The Hall–Kier alpha value is 0.397. The van der Waals surface area contributed by atoms with Crippen molar-refractivity contribution in [2.45, 2.75) is 46.0 Å². The van der Waals surface area contributed by atoms with Crippen LogP contribution in [0, 0.1) is 5.41 Å². The third-order valence-electron chi connectivity index (χ3n) is 2.23. The molecule has 1 unspecified atom stereocenters. The Morgan fingerprint density at radius 1 is 1.46 bits per heavy atom. The van der Waals surface area contributed by atoms with E-state index in [0.717, 1.165) is 6.42 Å². The van der Waals surface area contributed by atoms with Crippen molar-refractivity contribution in [3.8, 4) is 0 Å². The predicted molar refractivity (Wildman–Crippen MR) is 63.6 cm³/mol. The Labute approximate surface area is 90.8 Å². The summed E-state index contributed by atoms with van der Waals surface area (Å²) in [5.74, 6) is 0. The molecule has 1 nitrogen and oxygen atoms in total. The lowest BCUT2D eigenvalue weighted by molar-refractivity contribution is 0.114. The van der Waals surface area contributed by atoms with Gasteiger partial charge >= 0.3 is 0 Å². The molecule has 0 saturated heterocycles. The van der Waals surface area contributed by atoms with E-state index in [1.807, 2.05) is 0 Å². The zero-order valence-corrected chi connectivity index (χ0v) is 11.7. The maximum absolute atomic E-state index is 6.14. The van der Waals surface area contributed by atoms with Crippen LogP contribution in [-0.4, -0.2) is 14.4 Å². The molecule has 76 valence electrons. The molecule has 3 heteroatoms. The highest BCUT2D eigenvalue weighted by atomic mass is 79.9. The molecular weight excluding hydrogens is 244 g/mol. The Kier molecular flexibility index (Phi) is 3.10. The van der Waals surface area contributed by atoms with E-state index in [9.17, 15) is 0 Å². The number of hydrogen-bond acceptors (Lipinski definition) is 1. The SMILES string of the molecule is CC1(C)C=C(Br)CC1O[Si](C)(C)C. The molecule has 1 aliphatic rings.